The van der Waals surface area contributed by atoms with Gasteiger partial charge in [0.25, 0.3) is 0 Å². The van der Waals surface area contributed by atoms with Gasteiger partial charge >= 0.3 is 0 Å². The Morgan fingerprint density at radius 1 is 1.23 bits per heavy atom. The van der Waals surface area contributed by atoms with Crippen LogP contribution in [0.15, 0.2) is 30.3 Å². The van der Waals surface area contributed by atoms with E-state index in [9.17, 15) is 9.18 Å². The molecule has 3 rings (SSSR count). The minimum atomic E-state index is -0.301. The third-order valence-corrected chi connectivity index (χ3v) is 4.28. The zero-order valence-electron chi connectivity index (χ0n) is 15.1. The summed E-state index contributed by atoms with van der Waals surface area (Å²) >= 11 is 0. The van der Waals surface area contributed by atoms with Gasteiger partial charge in [-0.3, -0.25) is 14.6 Å². The number of benzene rings is 1. The SMILES string of the molecule is Cc1cc(C)n(CCNC(=O)Cc2c(-c3ccc(F)cc3)n[nH]c2C)n1. The van der Waals surface area contributed by atoms with E-state index in [0.717, 1.165) is 28.2 Å². The monoisotopic (exact) mass is 355 g/mol. The first-order valence-corrected chi connectivity index (χ1v) is 8.51. The van der Waals surface area contributed by atoms with E-state index in [0.29, 0.717) is 18.8 Å². The first kappa shape index (κ1) is 17.8. The molecule has 0 saturated carbocycles. The lowest BCUT2D eigenvalue weighted by Gasteiger charge is -2.08. The molecule has 0 spiro atoms. The maximum absolute atomic E-state index is 13.1. The molecule has 136 valence electrons. The molecule has 0 aliphatic heterocycles. The van der Waals surface area contributed by atoms with E-state index in [1.54, 1.807) is 12.1 Å². The Bertz CT molecular complexity index is 911. The van der Waals surface area contributed by atoms with Gasteiger partial charge in [-0.05, 0) is 51.1 Å². The number of nitrogens with zero attached hydrogens (tertiary/aromatic N) is 3. The van der Waals surface area contributed by atoms with Gasteiger partial charge in [0.15, 0.2) is 0 Å². The number of aromatic nitrogens is 4. The number of hydrogen-bond acceptors (Lipinski definition) is 3. The smallest absolute Gasteiger partial charge is 0.224 e. The molecule has 0 bridgehead atoms. The minimum Gasteiger partial charge on any atom is -0.354 e. The van der Waals surface area contributed by atoms with Crippen molar-refractivity contribution in [1.29, 1.82) is 0 Å². The lowest BCUT2D eigenvalue weighted by atomic mass is 10.0. The largest absolute Gasteiger partial charge is 0.354 e. The highest BCUT2D eigenvalue weighted by Gasteiger charge is 2.15. The van der Waals surface area contributed by atoms with Gasteiger partial charge in [-0.1, -0.05) is 0 Å². The van der Waals surface area contributed by atoms with Gasteiger partial charge in [0, 0.05) is 29.1 Å². The Labute approximate surface area is 151 Å². The number of carbonyl (C=O) groups excluding carboxylic acids is 1. The van der Waals surface area contributed by atoms with Gasteiger partial charge in [0.05, 0.1) is 24.4 Å². The van der Waals surface area contributed by atoms with Crippen LogP contribution in [-0.2, 0) is 17.8 Å². The number of aryl methyl sites for hydroxylation is 3. The van der Waals surface area contributed by atoms with E-state index < -0.39 is 0 Å². The normalized spacial score (nSPS) is 10.9. The Kier molecular flexibility index (Phi) is 5.16. The lowest BCUT2D eigenvalue weighted by molar-refractivity contribution is -0.120. The fraction of sp³-hybridized carbons (Fsp3) is 0.316. The molecular formula is C19H22FN5O. The molecule has 0 fully saturated rings. The lowest BCUT2D eigenvalue weighted by Crippen LogP contribution is -2.29. The van der Waals surface area contributed by atoms with Gasteiger partial charge in [-0.15, -0.1) is 0 Å². The summed E-state index contributed by atoms with van der Waals surface area (Å²) in [5.74, 6) is -0.385. The van der Waals surface area contributed by atoms with Crippen molar-refractivity contribution < 1.29 is 9.18 Å². The molecule has 2 N–H and O–H groups in total. The molecule has 2 heterocycles. The van der Waals surface area contributed by atoms with Crippen LogP contribution in [0.5, 0.6) is 0 Å². The molecule has 0 atom stereocenters. The number of aromatic amines is 1. The van der Waals surface area contributed by atoms with Crippen LogP contribution in [0.4, 0.5) is 4.39 Å². The number of hydrogen-bond donors (Lipinski definition) is 2. The molecule has 2 aromatic heterocycles. The number of nitrogens with one attached hydrogen (secondary N) is 2. The van der Waals surface area contributed by atoms with E-state index >= 15 is 0 Å². The van der Waals surface area contributed by atoms with Crippen molar-refractivity contribution in [1.82, 2.24) is 25.3 Å². The van der Waals surface area contributed by atoms with Crippen LogP contribution in [0.3, 0.4) is 0 Å². The average Bonchev–Trinajstić information content (AvgIpc) is 3.11. The van der Waals surface area contributed by atoms with E-state index in [2.05, 4.69) is 20.6 Å². The molecular weight excluding hydrogens is 333 g/mol. The van der Waals surface area contributed by atoms with Crippen molar-refractivity contribution >= 4 is 5.91 Å². The zero-order chi connectivity index (χ0) is 18.7. The standard InChI is InChI=1S/C19H22FN5O/c1-12-10-13(2)25(24-12)9-8-21-18(26)11-17-14(3)22-23-19(17)15-4-6-16(20)7-5-15/h4-7,10H,8-9,11H2,1-3H3,(H,21,26)(H,22,23). The number of H-pyrrole nitrogens is 1. The van der Waals surface area contributed by atoms with E-state index in [1.165, 1.54) is 12.1 Å². The van der Waals surface area contributed by atoms with Gasteiger partial charge in [0.1, 0.15) is 5.82 Å². The van der Waals surface area contributed by atoms with E-state index in [4.69, 9.17) is 0 Å². The molecule has 0 unspecified atom stereocenters. The van der Waals surface area contributed by atoms with Crippen molar-refractivity contribution in [3.8, 4) is 11.3 Å². The van der Waals surface area contributed by atoms with Crippen LogP contribution in [0, 0.1) is 26.6 Å². The number of rotatable bonds is 6. The highest BCUT2D eigenvalue weighted by Crippen LogP contribution is 2.24. The molecule has 7 heteroatoms. The second-order valence-corrected chi connectivity index (χ2v) is 6.36. The Hall–Kier alpha value is -2.96. The summed E-state index contributed by atoms with van der Waals surface area (Å²) in [7, 11) is 0. The number of halogens is 1. The van der Waals surface area contributed by atoms with Crippen LogP contribution in [0.1, 0.15) is 22.6 Å². The van der Waals surface area contributed by atoms with Crippen molar-refractivity contribution in [2.24, 2.45) is 0 Å². The van der Waals surface area contributed by atoms with Crippen molar-refractivity contribution in [2.45, 2.75) is 33.7 Å². The minimum absolute atomic E-state index is 0.0839. The average molecular weight is 355 g/mol. The Morgan fingerprint density at radius 2 is 1.96 bits per heavy atom. The topological polar surface area (TPSA) is 75.6 Å². The van der Waals surface area contributed by atoms with Crippen LogP contribution < -0.4 is 5.32 Å². The Balaban J connectivity index is 1.63. The van der Waals surface area contributed by atoms with Gasteiger partial charge in [-0.25, -0.2) is 4.39 Å². The van der Waals surface area contributed by atoms with Crippen LogP contribution in [0.2, 0.25) is 0 Å². The molecule has 0 saturated heterocycles. The molecule has 1 aromatic carbocycles. The summed E-state index contributed by atoms with van der Waals surface area (Å²) in [4.78, 5) is 12.3. The number of carbonyl (C=O) groups is 1. The summed E-state index contributed by atoms with van der Waals surface area (Å²) in [6, 6.07) is 8.10. The van der Waals surface area contributed by atoms with Gasteiger partial charge in [-0.2, -0.15) is 10.2 Å². The fourth-order valence-electron chi connectivity index (χ4n) is 2.94. The fourth-order valence-corrected chi connectivity index (χ4v) is 2.94. The molecule has 0 aliphatic rings. The highest BCUT2D eigenvalue weighted by molar-refractivity contribution is 5.81. The van der Waals surface area contributed by atoms with Gasteiger partial charge < -0.3 is 5.32 Å². The van der Waals surface area contributed by atoms with Crippen molar-refractivity contribution in [2.75, 3.05) is 6.54 Å². The quantitative estimate of drug-likeness (QED) is 0.714. The summed E-state index contributed by atoms with van der Waals surface area (Å²) in [5, 5.41) is 14.5. The molecule has 0 aliphatic carbocycles. The number of amides is 1. The van der Waals surface area contributed by atoms with E-state index in [1.807, 2.05) is 31.5 Å². The molecule has 0 radical (unpaired) electrons. The van der Waals surface area contributed by atoms with Crippen LogP contribution in [0.25, 0.3) is 11.3 Å². The van der Waals surface area contributed by atoms with Crippen molar-refractivity contribution in [3.63, 3.8) is 0 Å². The predicted octanol–water partition coefficient (Wildman–Crippen LogP) is 2.70. The van der Waals surface area contributed by atoms with E-state index in [-0.39, 0.29) is 18.1 Å². The first-order chi connectivity index (χ1) is 12.4. The van der Waals surface area contributed by atoms with Crippen molar-refractivity contribution in [3.05, 3.63) is 58.8 Å². The second kappa shape index (κ2) is 7.51. The third kappa shape index (κ3) is 3.99. The third-order valence-electron chi connectivity index (χ3n) is 4.28. The van der Waals surface area contributed by atoms with Crippen LogP contribution in [-0.4, -0.2) is 32.4 Å². The van der Waals surface area contributed by atoms with Gasteiger partial charge in [0.2, 0.25) is 5.91 Å². The maximum atomic E-state index is 13.1. The molecule has 3 aromatic rings. The highest BCUT2D eigenvalue weighted by atomic mass is 19.1. The molecule has 6 nitrogen and oxygen atoms in total. The summed E-state index contributed by atoms with van der Waals surface area (Å²) < 4.78 is 15.0. The molecule has 1 amide bonds. The maximum Gasteiger partial charge on any atom is 0.224 e. The Morgan fingerprint density at radius 3 is 2.62 bits per heavy atom. The second-order valence-electron chi connectivity index (χ2n) is 6.36. The van der Waals surface area contributed by atoms with Crippen LogP contribution >= 0.6 is 0 Å². The summed E-state index contributed by atoms with van der Waals surface area (Å²) in [5.41, 5.74) is 5.14. The molecule has 26 heavy (non-hydrogen) atoms. The zero-order valence-corrected chi connectivity index (χ0v) is 15.1. The predicted molar refractivity (Wildman–Crippen MR) is 97.1 cm³/mol. The summed E-state index contributed by atoms with van der Waals surface area (Å²) in [6.07, 6.45) is 0.214. The first-order valence-electron chi connectivity index (χ1n) is 8.51. The summed E-state index contributed by atoms with van der Waals surface area (Å²) in [6.45, 7) is 6.94.